The quantitative estimate of drug-likeness (QED) is 0.300. The summed E-state index contributed by atoms with van der Waals surface area (Å²) in [4.78, 5) is 25.8. The zero-order chi connectivity index (χ0) is 25.8. The Morgan fingerprint density at radius 2 is 1.49 bits per heavy atom. The minimum absolute atomic E-state index is 0.0326. The van der Waals surface area contributed by atoms with Crippen LogP contribution >= 0.6 is 11.6 Å². The van der Waals surface area contributed by atoms with Crippen molar-refractivity contribution in [2.24, 2.45) is 0 Å². The van der Waals surface area contributed by atoms with Crippen LogP contribution in [0.2, 0.25) is 5.02 Å². The highest BCUT2D eigenvalue weighted by Gasteiger charge is 2.42. The van der Waals surface area contributed by atoms with Crippen molar-refractivity contribution in [2.45, 2.75) is 38.3 Å². The number of ketones is 1. The largest absolute Gasteiger partial charge is 0.489 e. The smallest absolute Gasteiger partial charge is 0.225 e. The molecular formula is C32H28ClNO3. The van der Waals surface area contributed by atoms with Crippen LogP contribution in [0.1, 0.15) is 29.2 Å². The van der Waals surface area contributed by atoms with Gasteiger partial charge in [-0.2, -0.15) is 0 Å². The van der Waals surface area contributed by atoms with Gasteiger partial charge in [-0.25, -0.2) is 0 Å². The first-order chi connectivity index (χ1) is 17.9. The third kappa shape index (κ3) is 5.76. The van der Waals surface area contributed by atoms with E-state index in [4.69, 9.17) is 16.3 Å². The normalized spacial score (nSPS) is 16.2. The maximum absolute atomic E-state index is 13.0. The fraction of sp³-hybridized carbons (Fsp3) is 0.188. The van der Waals surface area contributed by atoms with Crippen molar-refractivity contribution in [1.82, 2.24) is 5.32 Å². The van der Waals surface area contributed by atoms with Gasteiger partial charge in [0.1, 0.15) is 17.9 Å². The van der Waals surface area contributed by atoms with Crippen LogP contribution < -0.4 is 10.1 Å². The Balaban J connectivity index is 1.23. The van der Waals surface area contributed by atoms with E-state index in [-0.39, 0.29) is 18.1 Å². The number of halogens is 1. The van der Waals surface area contributed by atoms with Crippen LogP contribution in [0.3, 0.4) is 0 Å². The van der Waals surface area contributed by atoms with E-state index in [9.17, 15) is 9.59 Å². The molecule has 5 rings (SSSR count). The van der Waals surface area contributed by atoms with E-state index in [1.807, 2.05) is 78.9 Å². The number of carbonyl (C=O) groups is 2. The van der Waals surface area contributed by atoms with Crippen LogP contribution in [0.4, 0.5) is 0 Å². The molecule has 1 atom stereocenters. The zero-order valence-corrected chi connectivity index (χ0v) is 21.4. The van der Waals surface area contributed by atoms with Gasteiger partial charge in [0.05, 0.1) is 6.42 Å². The molecule has 0 saturated heterocycles. The van der Waals surface area contributed by atoms with E-state index < -0.39 is 5.54 Å². The molecule has 4 aromatic rings. The van der Waals surface area contributed by atoms with Crippen LogP contribution in [0.5, 0.6) is 5.75 Å². The topological polar surface area (TPSA) is 55.4 Å². The van der Waals surface area contributed by atoms with E-state index in [0.29, 0.717) is 24.5 Å². The van der Waals surface area contributed by atoms with Crippen molar-refractivity contribution in [2.75, 3.05) is 0 Å². The van der Waals surface area contributed by atoms with E-state index in [1.54, 1.807) is 6.92 Å². The molecule has 1 N–H and O–H groups in total. The maximum atomic E-state index is 13.0. The van der Waals surface area contributed by atoms with E-state index in [1.165, 1.54) is 0 Å². The molecule has 0 bridgehead atoms. The van der Waals surface area contributed by atoms with Crippen molar-refractivity contribution < 1.29 is 14.3 Å². The molecule has 0 heterocycles. The Kier molecular flexibility index (Phi) is 7.11. The number of benzene rings is 4. The first-order valence-electron chi connectivity index (χ1n) is 12.4. The number of carbonyl (C=O) groups excluding carboxylic acids is 2. The highest BCUT2D eigenvalue weighted by Crippen LogP contribution is 2.34. The van der Waals surface area contributed by atoms with Crippen LogP contribution in [0, 0.1) is 0 Å². The highest BCUT2D eigenvalue weighted by atomic mass is 35.5. The van der Waals surface area contributed by atoms with Crippen LogP contribution in [0.15, 0.2) is 97.1 Å². The lowest BCUT2D eigenvalue weighted by Gasteiger charge is -2.27. The van der Waals surface area contributed by atoms with Crippen molar-refractivity contribution in [3.63, 3.8) is 0 Å². The summed E-state index contributed by atoms with van der Waals surface area (Å²) in [6.07, 6.45) is 1.17. The Morgan fingerprint density at radius 3 is 2.19 bits per heavy atom. The zero-order valence-electron chi connectivity index (χ0n) is 20.7. The summed E-state index contributed by atoms with van der Waals surface area (Å²) in [5, 5.41) is 3.77. The fourth-order valence-electron chi connectivity index (χ4n) is 4.86. The molecule has 0 radical (unpaired) electrons. The number of fused-ring (bicyclic) bond motifs is 1. The second-order valence-electron chi connectivity index (χ2n) is 9.63. The van der Waals surface area contributed by atoms with Gasteiger partial charge < -0.3 is 10.1 Å². The molecule has 37 heavy (non-hydrogen) atoms. The van der Waals surface area contributed by atoms with Gasteiger partial charge in [-0.05, 0) is 64.6 Å². The van der Waals surface area contributed by atoms with Gasteiger partial charge in [0, 0.05) is 17.9 Å². The number of Topliss-reactive ketones (excluding diaryl/α,β-unsaturated/α-hetero) is 1. The molecule has 0 aromatic heterocycles. The molecule has 0 fully saturated rings. The van der Waals surface area contributed by atoms with Crippen molar-refractivity contribution in [3.8, 4) is 16.9 Å². The van der Waals surface area contributed by atoms with Gasteiger partial charge >= 0.3 is 0 Å². The molecule has 1 aliphatic carbocycles. The Labute approximate surface area is 222 Å². The number of nitrogens with one attached hydrogen (secondary N) is 1. The third-order valence-electron chi connectivity index (χ3n) is 6.96. The molecule has 4 aromatic carbocycles. The number of ether oxygens (including phenoxy) is 1. The summed E-state index contributed by atoms with van der Waals surface area (Å²) in [5.41, 5.74) is 5.35. The van der Waals surface area contributed by atoms with E-state index >= 15 is 0 Å². The Hall–Kier alpha value is -3.89. The monoisotopic (exact) mass is 509 g/mol. The first-order valence-corrected chi connectivity index (χ1v) is 12.7. The van der Waals surface area contributed by atoms with Gasteiger partial charge in [-0.15, -0.1) is 0 Å². The van der Waals surface area contributed by atoms with Crippen LogP contribution in [0.25, 0.3) is 11.1 Å². The Morgan fingerprint density at radius 1 is 0.811 bits per heavy atom. The summed E-state index contributed by atoms with van der Waals surface area (Å²) in [7, 11) is 0. The predicted molar refractivity (Wildman–Crippen MR) is 147 cm³/mol. The number of hydrogen-bond acceptors (Lipinski definition) is 3. The minimum atomic E-state index is -0.920. The number of hydrogen-bond donors (Lipinski definition) is 1. The van der Waals surface area contributed by atoms with E-state index in [2.05, 4.69) is 23.5 Å². The molecule has 1 unspecified atom stereocenters. The molecule has 0 saturated carbocycles. The summed E-state index contributed by atoms with van der Waals surface area (Å²) < 4.78 is 5.84. The minimum Gasteiger partial charge on any atom is -0.489 e. The van der Waals surface area contributed by atoms with Crippen molar-refractivity contribution >= 4 is 23.3 Å². The molecule has 0 spiro atoms. The van der Waals surface area contributed by atoms with Gasteiger partial charge in [-0.1, -0.05) is 84.4 Å². The van der Waals surface area contributed by atoms with Crippen molar-refractivity contribution in [1.29, 1.82) is 0 Å². The number of rotatable bonds is 8. The Bertz CT molecular complexity index is 1420. The van der Waals surface area contributed by atoms with Gasteiger partial charge in [0.2, 0.25) is 5.91 Å². The molecule has 5 heteroatoms. The molecule has 1 amide bonds. The lowest BCUT2D eigenvalue weighted by molar-refractivity contribution is -0.130. The molecule has 0 aliphatic heterocycles. The van der Waals surface area contributed by atoms with Gasteiger partial charge in [-0.3, -0.25) is 9.59 Å². The van der Waals surface area contributed by atoms with Crippen LogP contribution in [-0.4, -0.2) is 17.2 Å². The molecule has 1 aliphatic rings. The van der Waals surface area contributed by atoms with Crippen molar-refractivity contribution in [3.05, 3.63) is 124 Å². The second-order valence-corrected chi connectivity index (χ2v) is 10.1. The average Bonchev–Trinajstić information content (AvgIpc) is 3.28. The van der Waals surface area contributed by atoms with Gasteiger partial charge in [0.25, 0.3) is 0 Å². The second kappa shape index (κ2) is 10.6. The maximum Gasteiger partial charge on any atom is 0.225 e. The number of amides is 1. The fourth-order valence-corrected chi connectivity index (χ4v) is 4.99. The highest BCUT2D eigenvalue weighted by molar-refractivity contribution is 6.30. The lowest BCUT2D eigenvalue weighted by atomic mass is 9.90. The summed E-state index contributed by atoms with van der Waals surface area (Å²) in [6, 6.07) is 31.4. The van der Waals surface area contributed by atoms with E-state index in [0.717, 1.165) is 39.1 Å². The van der Waals surface area contributed by atoms with Gasteiger partial charge in [0.15, 0.2) is 5.78 Å². The first kappa shape index (κ1) is 24.8. The predicted octanol–water partition coefficient (Wildman–Crippen LogP) is 6.37. The SMILES string of the molecule is CC(=O)C1(NC(=O)Cc2ccc(OCc3ccccc3)cc2)Cc2ccc(-c3ccc(Cl)cc3)cc2C1. The molecule has 186 valence electrons. The third-order valence-corrected chi connectivity index (χ3v) is 7.21. The lowest BCUT2D eigenvalue weighted by Crippen LogP contribution is -2.55. The molecule has 4 nitrogen and oxygen atoms in total. The standard InChI is InChI=1S/C32H28ClNO3/c1-22(35)32(19-27-10-9-26(18-28(27)20-32)25-11-13-29(33)14-12-25)34-31(36)17-23-7-15-30(16-8-23)37-21-24-5-3-2-4-6-24/h2-16,18H,17,19-21H2,1H3,(H,34,36). The van der Waals surface area contributed by atoms with Crippen LogP contribution in [-0.2, 0) is 35.5 Å². The summed E-state index contributed by atoms with van der Waals surface area (Å²) in [5.74, 6) is 0.546. The summed E-state index contributed by atoms with van der Waals surface area (Å²) in [6.45, 7) is 2.05. The molecular weight excluding hydrogens is 482 g/mol. The summed E-state index contributed by atoms with van der Waals surface area (Å²) >= 11 is 6.03. The average molecular weight is 510 g/mol.